The van der Waals surface area contributed by atoms with E-state index in [1.54, 1.807) is 11.3 Å². The summed E-state index contributed by atoms with van der Waals surface area (Å²) in [5.41, 5.74) is 0. The van der Waals surface area contributed by atoms with E-state index in [1.807, 2.05) is 4.90 Å². The minimum atomic E-state index is 0.323. The van der Waals surface area contributed by atoms with E-state index in [0.29, 0.717) is 5.91 Å². The molecule has 0 saturated carbocycles. The van der Waals surface area contributed by atoms with Gasteiger partial charge in [-0.2, -0.15) is 0 Å². The SMILES string of the molecule is O=C1CCCCCCN1Cc1cc(Br)cs1. The quantitative estimate of drug-likeness (QED) is 0.813. The molecule has 1 aromatic rings. The summed E-state index contributed by atoms with van der Waals surface area (Å²) in [6, 6.07) is 2.11. The Hall–Kier alpha value is -0.350. The molecule has 0 unspecified atom stereocenters. The zero-order valence-electron chi connectivity index (χ0n) is 9.25. The molecule has 1 amide bonds. The van der Waals surface area contributed by atoms with Crippen LogP contribution in [0.4, 0.5) is 0 Å². The van der Waals surface area contributed by atoms with Crippen molar-refractivity contribution < 1.29 is 4.79 Å². The molecule has 1 aromatic heterocycles. The molecule has 1 saturated heterocycles. The molecule has 2 rings (SSSR count). The highest BCUT2D eigenvalue weighted by Gasteiger charge is 2.16. The lowest BCUT2D eigenvalue weighted by Gasteiger charge is -2.24. The molecule has 2 heterocycles. The van der Waals surface area contributed by atoms with Crippen LogP contribution in [-0.4, -0.2) is 17.4 Å². The second kappa shape index (κ2) is 5.82. The lowest BCUT2D eigenvalue weighted by Crippen LogP contribution is -2.32. The maximum atomic E-state index is 11.9. The van der Waals surface area contributed by atoms with Crippen molar-refractivity contribution >= 4 is 33.2 Å². The van der Waals surface area contributed by atoms with Gasteiger partial charge in [-0.05, 0) is 34.8 Å². The van der Waals surface area contributed by atoms with Crippen LogP contribution in [-0.2, 0) is 11.3 Å². The topological polar surface area (TPSA) is 20.3 Å². The van der Waals surface area contributed by atoms with Crippen molar-refractivity contribution in [3.63, 3.8) is 0 Å². The number of likely N-dealkylation sites (tertiary alicyclic amines) is 1. The summed E-state index contributed by atoms with van der Waals surface area (Å²) in [7, 11) is 0. The molecule has 0 aromatic carbocycles. The molecule has 1 fully saturated rings. The van der Waals surface area contributed by atoms with Gasteiger partial charge in [-0.1, -0.05) is 12.8 Å². The Morgan fingerprint density at radius 3 is 2.88 bits per heavy atom. The molecule has 0 bridgehead atoms. The van der Waals surface area contributed by atoms with Crippen molar-refractivity contribution in [2.24, 2.45) is 0 Å². The zero-order chi connectivity index (χ0) is 11.4. The molecule has 16 heavy (non-hydrogen) atoms. The summed E-state index contributed by atoms with van der Waals surface area (Å²) in [6.07, 6.45) is 5.41. The average Bonchev–Trinajstić information content (AvgIpc) is 2.64. The second-order valence-corrected chi connectivity index (χ2v) is 6.12. The molecular weight excluding hydrogens is 286 g/mol. The number of nitrogens with zero attached hydrogens (tertiary/aromatic N) is 1. The van der Waals surface area contributed by atoms with Crippen LogP contribution in [0.3, 0.4) is 0 Å². The monoisotopic (exact) mass is 301 g/mol. The fourth-order valence-corrected chi connectivity index (χ4v) is 3.47. The number of halogens is 1. The Balaban J connectivity index is 1.97. The van der Waals surface area contributed by atoms with E-state index in [0.717, 1.165) is 36.8 Å². The molecular formula is C12H16BrNOS. The molecule has 1 aliphatic rings. The van der Waals surface area contributed by atoms with Crippen molar-refractivity contribution in [3.8, 4) is 0 Å². The first-order chi connectivity index (χ1) is 7.75. The van der Waals surface area contributed by atoms with E-state index in [9.17, 15) is 4.79 Å². The lowest BCUT2D eigenvalue weighted by atomic mass is 10.1. The van der Waals surface area contributed by atoms with Gasteiger partial charge in [0.1, 0.15) is 0 Å². The number of hydrogen-bond acceptors (Lipinski definition) is 2. The van der Waals surface area contributed by atoms with Crippen LogP contribution in [0.5, 0.6) is 0 Å². The highest BCUT2D eigenvalue weighted by Crippen LogP contribution is 2.22. The molecule has 0 aliphatic carbocycles. The van der Waals surface area contributed by atoms with Crippen molar-refractivity contribution in [2.75, 3.05) is 6.54 Å². The number of hydrogen-bond donors (Lipinski definition) is 0. The molecule has 0 N–H and O–H groups in total. The third-order valence-electron chi connectivity index (χ3n) is 2.89. The van der Waals surface area contributed by atoms with Crippen molar-refractivity contribution in [2.45, 2.75) is 38.6 Å². The number of rotatable bonds is 2. The number of amides is 1. The van der Waals surface area contributed by atoms with Gasteiger partial charge in [0.05, 0.1) is 6.54 Å². The first-order valence-corrected chi connectivity index (χ1v) is 7.43. The number of carbonyl (C=O) groups excluding carboxylic acids is 1. The molecule has 0 spiro atoms. The summed E-state index contributed by atoms with van der Waals surface area (Å²) < 4.78 is 1.12. The Kier molecular flexibility index (Phi) is 4.41. The van der Waals surface area contributed by atoms with Crippen LogP contribution in [0.2, 0.25) is 0 Å². The molecule has 1 aliphatic heterocycles. The van der Waals surface area contributed by atoms with Crippen LogP contribution in [0.1, 0.15) is 37.0 Å². The van der Waals surface area contributed by atoms with Gasteiger partial charge in [-0.3, -0.25) is 4.79 Å². The maximum Gasteiger partial charge on any atom is 0.222 e. The summed E-state index contributed by atoms with van der Waals surface area (Å²) >= 11 is 5.16. The highest BCUT2D eigenvalue weighted by atomic mass is 79.9. The Labute approximate surface area is 109 Å². The van der Waals surface area contributed by atoms with Crippen LogP contribution in [0, 0.1) is 0 Å². The van der Waals surface area contributed by atoms with Crippen LogP contribution >= 0.6 is 27.3 Å². The number of carbonyl (C=O) groups is 1. The van der Waals surface area contributed by atoms with Crippen LogP contribution in [0.15, 0.2) is 15.9 Å². The maximum absolute atomic E-state index is 11.9. The minimum absolute atomic E-state index is 0.323. The van der Waals surface area contributed by atoms with E-state index >= 15 is 0 Å². The van der Waals surface area contributed by atoms with Gasteiger partial charge in [-0.25, -0.2) is 0 Å². The lowest BCUT2D eigenvalue weighted by molar-refractivity contribution is -0.132. The van der Waals surface area contributed by atoms with Crippen molar-refractivity contribution in [1.29, 1.82) is 0 Å². The van der Waals surface area contributed by atoms with Crippen LogP contribution < -0.4 is 0 Å². The standard InChI is InChI=1S/C12H16BrNOS/c13-10-7-11(16-9-10)8-14-6-4-2-1-3-5-12(14)15/h7,9H,1-6,8H2. The normalized spacial score (nSPS) is 18.3. The molecule has 0 atom stereocenters. The summed E-state index contributed by atoms with van der Waals surface area (Å²) in [4.78, 5) is 15.2. The number of thiophene rings is 1. The van der Waals surface area contributed by atoms with E-state index < -0.39 is 0 Å². The molecule has 88 valence electrons. The third kappa shape index (κ3) is 3.32. The van der Waals surface area contributed by atoms with Crippen molar-refractivity contribution in [1.82, 2.24) is 4.90 Å². The van der Waals surface area contributed by atoms with Gasteiger partial charge in [0.25, 0.3) is 0 Å². The highest BCUT2D eigenvalue weighted by molar-refractivity contribution is 9.10. The first kappa shape index (κ1) is 12.1. The first-order valence-electron chi connectivity index (χ1n) is 5.76. The van der Waals surface area contributed by atoms with Gasteiger partial charge < -0.3 is 4.90 Å². The summed E-state index contributed by atoms with van der Waals surface area (Å²) in [5.74, 6) is 0.323. The largest absolute Gasteiger partial charge is 0.338 e. The van der Waals surface area contributed by atoms with Crippen molar-refractivity contribution in [3.05, 3.63) is 20.8 Å². The van der Waals surface area contributed by atoms with E-state index in [4.69, 9.17) is 0 Å². The van der Waals surface area contributed by atoms with Crippen LogP contribution in [0.25, 0.3) is 0 Å². The molecule has 0 radical (unpaired) electrons. The van der Waals surface area contributed by atoms with Gasteiger partial charge in [0, 0.05) is 27.7 Å². The van der Waals surface area contributed by atoms with E-state index in [-0.39, 0.29) is 0 Å². The summed E-state index contributed by atoms with van der Waals surface area (Å²) in [5, 5.41) is 2.07. The second-order valence-electron chi connectivity index (χ2n) is 4.21. The van der Waals surface area contributed by atoms with E-state index in [1.165, 1.54) is 17.7 Å². The van der Waals surface area contributed by atoms with Gasteiger partial charge in [0.2, 0.25) is 5.91 Å². The van der Waals surface area contributed by atoms with Gasteiger partial charge in [-0.15, -0.1) is 11.3 Å². The molecule has 4 heteroatoms. The van der Waals surface area contributed by atoms with Gasteiger partial charge >= 0.3 is 0 Å². The Morgan fingerprint density at radius 2 is 2.12 bits per heavy atom. The predicted octanol–water partition coefficient (Wildman–Crippen LogP) is 3.80. The molecule has 2 nitrogen and oxygen atoms in total. The third-order valence-corrected chi connectivity index (χ3v) is 4.57. The predicted molar refractivity (Wildman–Crippen MR) is 70.5 cm³/mol. The Morgan fingerprint density at radius 1 is 1.31 bits per heavy atom. The smallest absolute Gasteiger partial charge is 0.222 e. The fourth-order valence-electron chi connectivity index (χ4n) is 2.01. The van der Waals surface area contributed by atoms with Gasteiger partial charge in [0.15, 0.2) is 0 Å². The minimum Gasteiger partial charge on any atom is -0.338 e. The average molecular weight is 302 g/mol. The summed E-state index contributed by atoms with van der Waals surface area (Å²) in [6.45, 7) is 1.71. The Bertz CT molecular complexity index is 364. The fraction of sp³-hybridized carbons (Fsp3) is 0.583. The van der Waals surface area contributed by atoms with E-state index in [2.05, 4.69) is 27.4 Å². The zero-order valence-corrected chi connectivity index (χ0v) is 11.6.